The lowest BCUT2D eigenvalue weighted by molar-refractivity contribution is 0.158. The highest BCUT2D eigenvalue weighted by Crippen LogP contribution is 2.10. The van der Waals surface area contributed by atoms with Crippen LogP contribution in [0.25, 0.3) is 0 Å². The van der Waals surface area contributed by atoms with Gasteiger partial charge in [-0.3, -0.25) is 4.90 Å². The van der Waals surface area contributed by atoms with Gasteiger partial charge in [0.25, 0.3) is 0 Å². The second kappa shape index (κ2) is 17.9. The third-order valence-electron chi connectivity index (χ3n) is 2.83. The molecule has 0 bridgehead atoms. The van der Waals surface area contributed by atoms with Crippen molar-refractivity contribution in [2.24, 2.45) is 5.73 Å². The quantitative estimate of drug-likeness (QED) is 0.456. The number of nitrogens with zero attached hydrogens (tertiary/aromatic N) is 1. The van der Waals surface area contributed by atoms with Crippen molar-refractivity contribution >= 4 is 31.9 Å². The molecule has 0 amide bonds. The fourth-order valence-corrected chi connectivity index (χ4v) is 2.28. The van der Waals surface area contributed by atoms with Crippen LogP contribution in [0.4, 0.5) is 0 Å². The van der Waals surface area contributed by atoms with Crippen LogP contribution in [0.5, 0.6) is 0 Å². The van der Waals surface area contributed by atoms with Crippen molar-refractivity contribution in [1.29, 1.82) is 0 Å². The first-order chi connectivity index (χ1) is 9.53. The summed E-state index contributed by atoms with van der Waals surface area (Å²) in [5.74, 6) is 0. The number of hydrogen-bond donors (Lipinski definition) is 3. The van der Waals surface area contributed by atoms with Crippen LogP contribution in [-0.4, -0.2) is 64.2 Å². The van der Waals surface area contributed by atoms with Gasteiger partial charge < -0.3 is 15.9 Å². The summed E-state index contributed by atoms with van der Waals surface area (Å²) < 4.78 is 0. The van der Waals surface area contributed by atoms with E-state index < -0.39 is 0 Å². The molecule has 0 radical (unpaired) electrons. The van der Waals surface area contributed by atoms with Gasteiger partial charge in [0, 0.05) is 22.7 Å². The standard InChI is InChI=1S/C7H15NO.C4H8Br2.C3H9NO/c1-7(6-9)8-4-2-3-5-8;5-3-1-2-4-6;1-3(4)2-5/h7,9H,2-6H2,1H3;1-4H2;3,5H,2,4H2,1H3/t7-;;3-/m0.0/s1. The Labute approximate surface area is 141 Å². The van der Waals surface area contributed by atoms with Gasteiger partial charge >= 0.3 is 0 Å². The molecule has 0 aromatic rings. The van der Waals surface area contributed by atoms with Crippen LogP contribution < -0.4 is 5.73 Å². The van der Waals surface area contributed by atoms with Crippen molar-refractivity contribution < 1.29 is 10.2 Å². The van der Waals surface area contributed by atoms with Crippen LogP contribution in [0.1, 0.15) is 39.5 Å². The van der Waals surface area contributed by atoms with Gasteiger partial charge in [0.2, 0.25) is 0 Å². The topological polar surface area (TPSA) is 69.7 Å². The normalized spacial score (nSPS) is 17.6. The van der Waals surface area contributed by atoms with E-state index in [1.807, 2.05) is 0 Å². The summed E-state index contributed by atoms with van der Waals surface area (Å²) in [6.07, 6.45) is 5.19. The molecule has 6 heteroatoms. The smallest absolute Gasteiger partial charge is 0.0584 e. The number of nitrogens with two attached hydrogens (primary N) is 1. The third-order valence-corrected chi connectivity index (χ3v) is 3.95. The molecular formula is C14H32Br2N2O2. The van der Waals surface area contributed by atoms with E-state index in [4.69, 9.17) is 15.9 Å². The predicted octanol–water partition coefficient (Wildman–Crippen LogP) is 2.35. The molecule has 1 aliphatic rings. The first-order valence-electron chi connectivity index (χ1n) is 7.36. The van der Waals surface area contributed by atoms with Gasteiger partial charge in [-0.05, 0) is 52.6 Å². The van der Waals surface area contributed by atoms with E-state index in [0.717, 1.165) is 10.7 Å². The molecular weight excluding hydrogens is 388 g/mol. The molecule has 1 rings (SSSR count). The average molecular weight is 420 g/mol. The summed E-state index contributed by atoms with van der Waals surface area (Å²) in [6, 6.07) is 0.322. The van der Waals surface area contributed by atoms with Crippen molar-refractivity contribution in [3.63, 3.8) is 0 Å². The fraction of sp³-hybridized carbons (Fsp3) is 1.00. The maximum Gasteiger partial charge on any atom is 0.0584 e. The lowest BCUT2D eigenvalue weighted by Crippen LogP contribution is -2.32. The van der Waals surface area contributed by atoms with E-state index in [1.54, 1.807) is 6.92 Å². The van der Waals surface area contributed by atoms with E-state index in [-0.39, 0.29) is 12.6 Å². The number of aliphatic hydroxyl groups is 2. The molecule has 2 atom stereocenters. The van der Waals surface area contributed by atoms with Gasteiger partial charge in [-0.25, -0.2) is 0 Å². The summed E-state index contributed by atoms with van der Waals surface area (Å²) in [4.78, 5) is 2.33. The molecule has 20 heavy (non-hydrogen) atoms. The molecule has 0 aromatic heterocycles. The van der Waals surface area contributed by atoms with Crippen molar-refractivity contribution in [1.82, 2.24) is 4.90 Å². The zero-order valence-corrected chi connectivity index (χ0v) is 16.1. The van der Waals surface area contributed by atoms with Gasteiger partial charge in [-0.2, -0.15) is 0 Å². The Hall–Kier alpha value is 0.800. The molecule has 0 aliphatic carbocycles. The van der Waals surface area contributed by atoms with Crippen LogP contribution in [0.2, 0.25) is 0 Å². The molecule has 1 aliphatic heterocycles. The van der Waals surface area contributed by atoms with Gasteiger partial charge in [0.05, 0.1) is 13.2 Å². The molecule has 0 unspecified atom stereocenters. The zero-order chi connectivity index (χ0) is 15.8. The Morgan fingerprint density at radius 3 is 1.65 bits per heavy atom. The second-order valence-corrected chi connectivity index (χ2v) is 6.61. The Balaban J connectivity index is 0. The molecule has 4 nitrogen and oxygen atoms in total. The lowest BCUT2D eigenvalue weighted by atomic mass is 10.3. The summed E-state index contributed by atoms with van der Waals surface area (Å²) in [5.41, 5.74) is 5.04. The highest BCUT2D eigenvalue weighted by Gasteiger charge is 2.16. The molecule has 0 spiro atoms. The minimum Gasteiger partial charge on any atom is -0.395 e. The predicted molar refractivity (Wildman–Crippen MR) is 94.9 cm³/mol. The molecule has 0 aromatic carbocycles. The van der Waals surface area contributed by atoms with E-state index in [9.17, 15) is 0 Å². The lowest BCUT2D eigenvalue weighted by Gasteiger charge is -2.20. The Bertz CT molecular complexity index is 177. The molecule has 124 valence electrons. The monoisotopic (exact) mass is 418 g/mol. The highest BCUT2D eigenvalue weighted by atomic mass is 79.9. The molecule has 0 saturated carbocycles. The van der Waals surface area contributed by atoms with Crippen molar-refractivity contribution in [2.45, 2.75) is 51.6 Å². The molecule has 1 heterocycles. The number of hydrogen-bond acceptors (Lipinski definition) is 4. The summed E-state index contributed by atoms with van der Waals surface area (Å²) in [5, 5.41) is 19.0. The number of aliphatic hydroxyl groups excluding tert-OH is 2. The summed E-state index contributed by atoms with van der Waals surface area (Å²) in [6.45, 7) is 6.58. The van der Waals surface area contributed by atoms with Crippen LogP contribution in [0.3, 0.4) is 0 Å². The van der Waals surface area contributed by atoms with Gasteiger partial charge in [0.15, 0.2) is 0 Å². The minimum absolute atomic E-state index is 0.0602. The van der Waals surface area contributed by atoms with Crippen LogP contribution >= 0.6 is 31.9 Å². The minimum atomic E-state index is -0.0602. The maximum atomic E-state index is 8.75. The average Bonchev–Trinajstić information content (AvgIpc) is 2.99. The van der Waals surface area contributed by atoms with Gasteiger partial charge in [-0.1, -0.05) is 31.9 Å². The highest BCUT2D eigenvalue weighted by molar-refractivity contribution is 9.09. The van der Waals surface area contributed by atoms with Crippen molar-refractivity contribution in [3.05, 3.63) is 0 Å². The Morgan fingerprint density at radius 1 is 1.00 bits per heavy atom. The first-order valence-corrected chi connectivity index (χ1v) is 9.61. The summed E-state index contributed by atoms with van der Waals surface area (Å²) in [7, 11) is 0. The van der Waals surface area contributed by atoms with E-state index in [1.165, 1.54) is 38.8 Å². The zero-order valence-electron chi connectivity index (χ0n) is 12.9. The first kappa shape index (κ1) is 23.1. The SMILES string of the molecule is BrCCCCBr.C[C@@H](CO)N1CCCC1.C[C@H](N)CO. The van der Waals surface area contributed by atoms with Gasteiger partial charge in [0.1, 0.15) is 0 Å². The number of rotatable bonds is 6. The number of unbranched alkanes of at least 4 members (excludes halogenated alkanes) is 1. The van der Waals surface area contributed by atoms with Crippen molar-refractivity contribution in [2.75, 3.05) is 37.0 Å². The number of halogens is 2. The third kappa shape index (κ3) is 16.9. The maximum absolute atomic E-state index is 8.75. The van der Waals surface area contributed by atoms with Gasteiger partial charge in [-0.15, -0.1) is 0 Å². The largest absolute Gasteiger partial charge is 0.395 e. The van der Waals surface area contributed by atoms with Crippen LogP contribution in [0.15, 0.2) is 0 Å². The van der Waals surface area contributed by atoms with E-state index in [0.29, 0.717) is 12.6 Å². The second-order valence-electron chi connectivity index (χ2n) is 5.02. The van der Waals surface area contributed by atoms with E-state index in [2.05, 4.69) is 43.7 Å². The Kier molecular flexibility index (Phi) is 20.6. The summed E-state index contributed by atoms with van der Waals surface area (Å²) >= 11 is 6.66. The number of alkyl halides is 2. The van der Waals surface area contributed by atoms with E-state index >= 15 is 0 Å². The number of likely N-dealkylation sites (tertiary alicyclic amines) is 1. The molecule has 1 fully saturated rings. The Morgan fingerprint density at radius 2 is 1.40 bits per heavy atom. The molecule has 1 saturated heterocycles. The van der Waals surface area contributed by atoms with Crippen LogP contribution in [0, 0.1) is 0 Å². The fourth-order valence-electron chi connectivity index (χ4n) is 1.49. The molecule has 4 N–H and O–H groups in total. The van der Waals surface area contributed by atoms with Crippen LogP contribution in [-0.2, 0) is 0 Å². The van der Waals surface area contributed by atoms with Crippen molar-refractivity contribution in [3.8, 4) is 0 Å².